The minimum absolute atomic E-state index is 0.00685. The number of hydrogen-bond donors (Lipinski definition) is 2. The van der Waals surface area contributed by atoms with Crippen LogP contribution in [0.5, 0.6) is 5.75 Å². The molecule has 0 saturated carbocycles. The summed E-state index contributed by atoms with van der Waals surface area (Å²) in [5.41, 5.74) is 2.85. The molecule has 0 unspecified atom stereocenters. The van der Waals surface area contributed by atoms with Crippen LogP contribution >= 0.6 is 0 Å². The number of hydrogen-bond acceptors (Lipinski definition) is 4. The van der Waals surface area contributed by atoms with Gasteiger partial charge in [-0.3, -0.25) is 0 Å². The van der Waals surface area contributed by atoms with E-state index in [2.05, 4.69) is 23.5 Å². The van der Waals surface area contributed by atoms with E-state index in [1.54, 1.807) is 7.11 Å². The molecule has 1 aromatic carbocycles. The zero-order chi connectivity index (χ0) is 15.4. The second-order valence-electron chi connectivity index (χ2n) is 6.73. The van der Waals surface area contributed by atoms with Crippen LogP contribution in [0.25, 0.3) is 0 Å². The lowest BCUT2D eigenvalue weighted by Gasteiger charge is -2.37. The first-order chi connectivity index (χ1) is 10.7. The molecule has 4 heteroatoms. The maximum atomic E-state index is 9.79. The Hall–Kier alpha value is -1.10. The van der Waals surface area contributed by atoms with E-state index in [9.17, 15) is 5.11 Å². The number of aryl methyl sites for hydroxylation is 1. The Labute approximate surface area is 132 Å². The lowest BCUT2D eigenvalue weighted by atomic mass is 9.80. The molecule has 2 aliphatic rings. The molecule has 0 bridgehead atoms. The molecule has 1 fully saturated rings. The number of benzene rings is 1. The number of fused-ring (bicyclic) bond motifs is 1. The minimum atomic E-state index is 0.00685. The summed E-state index contributed by atoms with van der Waals surface area (Å²) in [7, 11) is 1.72. The zero-order valence-corrected chi connectivity index (χ0v) is 13.4. The average Bonchev–Trinajstić information content (AvgIpc) is 2.60. The van der Waals surface area contributed by atoms with Crippen molar-refractivity contribution in [2.24, 2.45) is 5.41 Å². The van der Waals surface area contributed by atoms with Crippen molar-refractivity contribution >= 4 is 0 Å². The quantitative estimate of drug-likeness (QED) is 0.873. The third-order valence-corrected chi connectivity index (χ3v) is 5.30. The molecule has 1 aliphatic heterocycles. The molecular formula is C18H27NO3. The Balaban J connectivity index is 1.60. The van der Waals surface area contributed by atoms with Crippen LogP contribution in [0.1, 0.15) is 30.4 Å². The molecule has 1 aliphatic carbocycles. The second-order valence-corrected chi connectivity index (χ2v) is 6.73. The second kappa shape index (κ2) is 6.99. The fraction of sp³-hybridized carbons (Fsp3) is 0.667. The first-order valence-electron chi connectivity index (χ1n) is 8.32. The van der Waals surface area contributed by atoms with Gasteiger partial charge in [0.1, 0.15) is 5.75 Å². The van der Waals surface area contributed by atoms with Crippen molar-refractivity contribution in [3.63, 3.8) is 0 Å². The highest BCUT2D eigenvalue weighted by Crippen LogP contribution is 2.30. The number of methoxy groups -OCH3 is 1. The van der Waals surface area contributed by atoms with Gasteiger partial charge in [0, 0.05) is 31.2 Å². The van der Waals surface area contributed by atoms with Crippen molar-refractivity contribution in [1.82, 2.24) is 5.32 Å². The summed E-state index contributed by atoms with van der Waals surface area (Å²) in [6, 6.07) is 6.90. The van der Waals surface area contributed by atoms with Crippen LogP contribution in [-0.4, -0.2) is 44.6 Å². The van der Waals surface area contributed by atoms with Gasteiger partial charge in [0.15, 0.2) is 0 Å². The van der Waals surface area contributed by atoms with Crippen LogP contribution in [0.4, 0.5) is 0 Å². The molecule has 1 aromatic rings. The van der Waals surface area contributed by atoms with E-state index in [0.29, 0.717) is 6.04 Å². The monoisotopic (exact) mass is 305 g/mol. The van der Waals surface area contributed by atoms with Gasteiger partial charge >= 0.3 is 0 Å². The molecule has 0 spiro atoms. The van der Waals surface area contributed by atoms with Crippen LogP contribution < -0.4 is 10.1 Å². The standard InChI is InChI=1S/C18H27NO3/c1-21-17-5-3-14-2-4-16(10-15(14)11-17)19-12-18(13-20)6-8-22-9-7-18/h3,5,11,16,19-20H,2,4,6-10,12-13H2,1H3/t16-/m1/s1. The van der Waals surface area contributed by atoms with Crippen molar-refractivity contribution in [2.75, 3.05) is 33.5 Å². The normalized spacial score (nSPS) is 23.8. The summed E-state index contributed by atoms with van der Waals surface area (Å²) in [6.45, 7) is 2.68. The minimum Gasteiger partial charge on any atom is -0.497 e. The fourth-order valence-corrected chi connectivity index (χ4v) is 3.59. The average molecular weight is 305 g/mol. The van der Waals surface area contributed by atoms with Crippen molar-refractivity contribution in [3.05, 3.63) is 29.3 Å². The van der Waals surface area contributed by atoms with Gasteiger partial charge in [-0.2, -0.15) is 0 Å². The van der Waals surface area contributed by atoms with Gasteiger partial charge in [-0.1, -0.05) is 6.07 Å². The molecule has 1 saturated heterocycles. The highest BCUT2D eigenvalue weighted by Gasteiger charge is 2.32. The fourth-order valence-electron chi connectivity index (χ4n) is 3.59. The molecule has 0 amide bonds. The van der Waals surface area contributed by atoms with Gasteiger partial charge in [-0.25, -0.2) is 0 Å². The number of nitrogens with one attached hydrogen (secondary N) is 1. The van der Waals surface area contributed by atoms with Crippen LogP contribution in [0.15, 0.2) is 18.2 Å². The van der Waals surface area contributed by atoms with Gasteiger partial charge < -0.3 is 19.9 Å². The highest BCUT2D eigenvalue weighted by atomic mass is 16.5. The Kier molecular flexibility index (Phi) is 5.01. The molecule has 1 atom stereocenters. The molecule has 2 N–H and O–H groups in total. The van der Waals surface area contributed by atoms with Gasteiger partial charge in [0.2, 0.25) is 0 Å². The molecule has 0 radical (unpaired) electrons. The lowest BCUT2D eigenvalue weighted by molar-refractivity contribution is -0.0167. The molecular weight excluding hydrogens is 278 g/mol. The number of ether oxygens (including phenoxy) is 2. The SMILES string of the molecule is COc1ccc2c(c1)C[C@H](NCC1(CO)CCOCC1)CC2. The van der Waals surface area contributed by atoms with Crippen LogP contribution in [0.3, 0.4) is 0 Å². The number of aliphatic hydroxyl groups excluding tert-OH is 1. The van der Waals surface area contributed by atoms with Gasteiger partial charge in [0.25, 0.3) is 0 Å². The highest BCUT2D eigenvalue weighted by molar-refractivity contribution is 5.37. The van der Waals surface area contributed by atoms with E-state index < -0.39 is 0 Å². The number of rotatable bonds is 5. The molecule has 122 valence electrons. The summed E-state index contributed by atoms with van der Waals surface area (Å²) in [6.07, 6.45) is 5.23. The third kappa shape index (κ3) is 3.45. The first-order valence-corrected chi connectivity index (χ1v) is 8.32. The Bertz CT molecular complexity index is 497. The summed E-state index contributed by atoms with van der Waals surface area (Å²) in [5.74, 6) is 0.940. The van der Waals surface area contributed by atoms with E-state index in [1.807, 2.05) is 0 Å². The maximum absolute atomic E-state index is 9.79. The van der Waals surface area contributed by atoms with Gasteiger partial charge in [-0.05, 0) is 55.4 Å². The Morgan fingerprint density at radius 2 is 2.14 bits per heavy atom. The van der Waals surface area contributed by atoms with Crippen molar-refractivity contribution in [1.29, 1.82) is 0 Å². The molecule has 4 nitrogen and oxygen atoms in total. The molecule has 1 heterocycles. The smallest absolute Gasteiger partial charge is 0.119 e. The Morgan fingerprint density at radius 3 is 2.86 bits per heavy atom. The van der Waals surface area contributed by atoms with Gasteiger partial charge in [0.05, 0.1) is 13.7 Å². The Morgan fingerprint density at radius 1 is 1.32 bits per heavy atom. The topological polar surface area (TPSA) is 50.7 Å². The van der Waals surface area contributed by atoms with Crippen LogP contribution in [-0.2, 0) is 17.6 Å². The molecule has 0 aromatic heterocycles. The molecule has 22 heavy (non-hydrogen) atoms. The lowest BCUT2D eigenvalue weighted by Crippen LogP contribution is -2.46. The third-order valence-electron chi connectivity index (χ3n) is 5.30. The van der Waals surface area contributed by atoms with Gasteiger partial charge in [-0.15, -0.1) is 0 Å². The first kappa shape index (κ1) is 15.8. The van der Waals surface area contributed by atoms with E-state index in [1.165, 1.54) is 11.1 Å². The predicted molar refractivity (Wildman–Crippen MR) is 86.4 cm³/mol. The maximum Gasteiger partial charge on any atom is 0.119 e. The zero-order valence-electron chi connectivity index (χ0n) is 13.4. The molecule has 3 rings (SSSR count). The largest absolute Gasteiger partial charge is 0.497 e. The number of aliphatic hydroxyl groups is 1. The van der Waals surface area contributed by atoms with Crippen molar-refractivity contribution in [2.45, 2.75) is 38.1 Å². The van der Waals surface area contributed by atoms with E-state index in [0.717, 1.165) is 57.6 Å². The summed E-state index contributed by atoms with van der Waals surface area (Å²) < 4.78 is 10.8. The summed E-state index contributed by atoms with van der Waals surface area (Å²) in [4.78, 5) is 0. The summed E-state index contributed by atoms with van der Waals surface area (Å²) in [5, 5.41) is 13.5. The van der Waals surface area contributed by atoms with E-state index in [4.69, 9.17) is 9.47 Å². The van der Waals surface area contributed by atoms with Crippen molar-refractivity contribution in [3.8, 4) is 5.75 Å². The van der Waals surface area contributed by atoms with Crippen LogP contribution in [0.2, 0.25) is 0 Å². The predicted octanol–water partition coefficient (Wildman–Crippen LogP) is 1.93. The summed E-state index contributed by atoms with van der Waals surface area (Å²) >= 11 is 0. The van der Waals surface area contributed by atoms with E-state index >= 15 is 0 Å². The van der Waals surface area contributed by atoms with Crippen molar-refractivity contribution < 1.29 is 14.6 Å². The van der Waals surface area contributed by atoms with E-state index in [-0.39, 0.29) is 12.0 Å². The van der Waals surface area contributed by atoms with Crippen LogP contribution in [0, 0.1) is 5.41 Å².